The van der Waals surface area contributed by atoms with Crippen LogP contribution in [0.2, 0.25) is 0 Å². The molecule has 3 atom stereocenters. The van der Waals surface area contributed by atoms with Crippen molar-refractivity contribution in [3.05, 3.63) is 0 Å². The van der Waals surface area contributed by atoms with Crippen molar-refractivity contribution in [2.45, 2.75) is 250 Å². The molecule has 0 fully saturated rings. The molecular formula is C41H83NO4. The molecule has 1 amide bonds. The summed E-state index contributed by atoms with van der Waals surface area (Å²) < 4.78 is 0. The van der Waals surface area contributed by atoms with Crippen LogP contribution in [0, 0.1) is 0 Å². The van der Waals surface area contributed by atoms with E-state index >= 15 is 0 Å². The average Bonchev–Trinajstić information content (AvgIpc) is 3.06. The third-order valence-electron chi connectivity index (χ3n) is 9.96. The first kappa shape index (κ1) is 45.3. The van der Waals surface area contributed by atoms with Crippen LogP contribution in [0.15, 0.2) is 0 Å². The molecular weight excluding hydrogens is 570 g/mol. The molecule has 0 aliphatic rings. The number of unbranched alkanes of at least 4 members (excludes halogenated alkanes) is 30. The van der Waals surface area contributed by atoms with Gasteiger partial charge in [0.15, 0.2) is 0 Å². The number of hydrogen-bond acceptors (Lipinski definition) is 4. The molecule has 0 aromatic heterocycles. The van der Waals surface area contributed by atoms with Crippen LogP contribution < -0.4 is 5.32 Å². The Kier molecular flexibility index (Phi) is 36.6. The second-order valence-electron chi connectivity index (χ2n) is 14.6. The van der Waals surface area contributed by atoms with E-state index < -0.39 is 18.2 Å². The van der Waals surface area contributed by atoms with Gasteiger partial charge in [0.2, 0.25) is 5.91 Å². The van der Waals surface area contributed by atoms with Crippen LogP contribution in [0.3, 0.4) is 0 Å². The summed E-state index contributed by atoms with van der Waals surface area (Å²) >= 11 is 0. The standard InChI is InChI=1S/C41H83NO4/c1-3-5-7-9-11-13-15-17-18-19-20-21-22-24-26-28-30-32-34-36-40(45)42-38(37-43)41(46)39(44)35-33-31-29-27-25-23-16-14-12-10-8-6-4-2/h38-39,41,43-44,46H,3-37H2,1-2H3,(H,42,45). The van der Waals surface area contributed by atoms with Gasteiger partial charge in [-0.25, -0.2) is 0 Å². The molecule has 0 aliphatic carbocycles. The van der Waals surface area contributed by atoms with Crippen LogP contribution >= 0.6 is 0 Å². The molecule has 0 spiro atoms. The zero-order valence-electron chi connectivity index (χ0n) is 31.2. The Morgan fingerprint density at radius 3 is 1.04 bits per heavy atom. The first-order valence-corrected chi connectivity index (χ1v) is 20.8. The number of carbonyl (C=O) groups is 1. The Balaban J connectivity index is 3.59. The molecule has 0 bridgehead atoms. The highest BCUT2D eigenvalue weighted by Gasteiger charge is 2.26. The summed E-state index contributed by atoms with van der Waals surface area (Å²) in [5.41, 5.74) is 0. The number of carbonyl (C=O) groups excluding carboxylic acids is 1. The SMILES string of the molecule is CCCCCCCCCCCCCCCCCCCCCC(=O)NC(CO)C(O)C(O)CCCCCCCCCCCCCCC. The second-order valence-corrected chi connectivity index (χ2v) is 14.6. The molecule has 4 N–H and O–H groups in total. The third-order valence-corrected chi connectivity index (χ3v) is 9.96. The maximum atomic E-state index is 12.4. The summed E-state index contributed by atoms with van der Waals surface area (Å²) in [5.74, 6) is -0.141. The predicted molar refractivity (Wildman–Crippen MR) is 199 cm³/mol. The summed E-state index contributed by atoms with van der Waals surface area (Å²) in [7, 11) is 0. The topological polar surface area (TPSA) is 89.8 Å². The van der Waals surface area contributed by atoms with Crippen LogP contribution in [0.1, 0.15) is 232 Å². The fourth-order valence-corrected chi connectivity index (χ4v) is 6.69. The molecule has 3 unspecified atom stereocenters. The Labute approximate surface area is 287 Å². The maximum Gasteiger partial charge on any atom is 0.220 e. The van der Waals surface area contributed by atoms with Gasteiger partial charge in [-0.15, -0.1) is 0 Å². The zero-order chi connectivity index (χ0) is 33.8. The highest BCUT2D eigenvalue weighted by molar-refractivity contribution is 5.76. The molecule has 0 aromatic carbocycles. The van der Waals surface area contributed by atoms with Gasteiger partial charge in [0.25, 0.3) is 0 Å². The average molecular weight is 654 g/mol. The van der Waals surface area contributed by atoms with Gasteiger partial charge >= 0.3 is 0 Å². The first-order chi connectivity index (χ1) is 22.6. The minimum Gasteiger partial charge on any atom is -0.394 e. The number of aliphatic hydroxyl groups excluding tert-OH is 3. The molecule has 0 aromatic rings. The van der Waals surface area contributed by atoms with Crippen LogP contribution in [0.5, 0.6) is 0 Å². The van der Waals surface area contributed by atoms with Gasteiger partial charge in [-0.2, -0.15) is 0 Å². The molecule has 276 valence electrons. The molecule has 5 nitrogen and oxygen atoms in total. The van der Waals surface area contributed by atoms with Crippen molar-refractivity contribution < 1.29 is 20.1 Å². The van der Waals surface area contributed by atoms with Gasteiger partial charge in [0.1, 0.15) is 6.10 Å². The lowest BCUT2D eigenvalue weighted by atomic mass is 9.99. The quantitative estimate of drug-likeness (QED) is 0.0499. The highest BCUT2D eigenvalue weighted by atomic mass is 16.3. The van der Waals surface area contributed by atoms with Gasteiger partial charge in [-0.1, -0.05) is 213 Å². The summed E-state index contributed by atoms with van der Waals surface area (Å²) in [5, 5.41) is 33.5. The number of aliphatic hydroxyl groups is 3. The van der Waals surface area contributed by atoms with Crippen LogP contribution in [0.25, 0.3) is 0 Å². The minimum atomic E-state index is -1.13. The van der Waals surface area contributed by atoms with E-state index in [2.05, 4.69) is 19.2 Å². The normalized spacial score (nSPS) is 13.6. The van der Waals surface area contributed by atoms with Gasteiger partial charge in [-0.05, 0) is 12.8 Å². The van der Waals surface area contributed by atoms with Gasteiger partial charge in [0.05, 0.1) is 18.8 Å². The lowest BCUT2D eigenvalue weighted by Crippen LogP contribution is -2.50. The van der Waals surface area contributed by atoms with E-state index in [1.165, 1.54) is 173 Å². The van der Waals surface area contributed by atoms with Crippen LogP contribution in [-0.4, -0.2) is 46.1 Å². The van der Waals surface area contributed by atoms with Crippen molar-refractivity contribution in [1.29, 1.82) is 0 Å². The molecule has 46 heavy (non-hydrogen) atoms. The summed E-state index contributed by atoms with van der Waals surface area (Å²) in [6, 6.07) is -0.801. The largest absolute Gasteiger partial charge is 0.394 e. The highest BCUT2D eigenvalue weighted by Crippen LogP contribution is 2.17. The fourth-order valence-electron chi connectivity index (χ4n) is 6.69. The summed E-state index contributed by atoms with van der Waals surface area (Å²) in [6.07, 6.45) is 40.6. The third kappa shape index (κ3) is 31.9. The van der Waals surface area contributed by atoms with Crippen molar-refractivity contribution >= 4 is 5.91 Å². The predicted octanol–water partition coefficient (Wildman–Crippen LogP) is 11.5. The first-order valence-electron chi connectivity index (χ1n) is 20.8. The van der Waals surface area contributed by atoms with E-state index in [0.29, 0.717) is 12.8 Å². The van der Waals surface area contributed by atoms with E-state index in [9.17, 15) is 20.1 Å². The van der Waals surface area contributed by atoms with E-state index in [1.807, 2.05) is 0 Å². The molecule has 0 heterocycles. The molecule has 0 aliphatic heterocycles. The molecule has 0 saturated heterocycles. The Hall–Kier alpha value is -0.650. The number of hydrogen-bond donors (Lipinski definition) is 4. The van der Waals surface area contributed by atoms with Crippen LogP contribution in [0.4, 0.5) is 0 Å². The van der Waals surface area contributed by atoms with Gasteiger partial charge < -0.3 is 20.6 Å². The number of nitrogens with one attached hydrogen (secondary N) is 1. The molecule has 0 radical (unpaired) electrons. The van der Waals surface area contributed by atoms with Crippen molar-refractivity contribution in [3.63, 3.8) is 0 Å². The van der Waals surface area contributed by atoms with E-state index in [-0.39, 0.29) is 12.5 Å². The smallest absolute Gasteiger partial charge is 0.220 e. The van der Waals surface area contributed by atoms with Gasteiger partial charge in [0, 0.05) is 6.42 Å². The molecule has 5 heteroatoms. The Morgan fingerprint density at radius 2 is 0.739 bits per heavy atom. The zero-order valence-corrected chi connectivity index (χ0v) is 31.2. The van der Waals surface area contributed by atoms with Crippen LogP contribution in [-0.2, 0) is 4.79 Å². The van der Waals surface area contributed by atoms with Crippen molar-refractivity contribution in [2.75, 3.05) is 6.61 Å². The monoisotopic (exact) mass is 654 g/mol. The van der Waals surface area contributed by atoms with E-state index in [4.69, 9.17) is 0 Å². The fraction of sp³-hybridized carbons (Fsp3) is 0.976. The van der Waals surface area contributed by atoms with Crippen molar-refractivity contribution in [1.82, 2.24) is 5.32 Å². The molecule has 0 rings (SSSR count). The van der Waals surface area contributed by atoms with Crippen molar-refractivity contribution in [2.24, 2.45) is 0 Å². The van der Waals surface area contributed by atoms with E-state index in [0.717, 1.165) is 32.1 Å². The van der Waals surface area contributed by atoms with Crippen molar-refractivity contribution in [3.8, 4) is 0 Å². The van der Waals surface area contributed by atoms with E-state index in [1.54, 1.807) is 0 Å². The lowest BCUT2D eigenvalue weighted by Gasteiger charge is -2.26. The molecule has 0 saturated carbocycles. The number of rotatable bonds is 38. The second kappa shape index (κ2) is 37.2. The number of amides is 1. The summed E-state index contributed by atoms with van der Waals surface area (Å²) in [4.78, 5) is 12.4. The van der Waals surface area contributed by atoms with Gasteiger partial charge in [-0.3, -0.25) is 4.79 Å². The summed E-state index contributed by atoms with van der Waals surface area (Å²) in [6.45, 7) is 4.19. The Bertz CT molecular complexity index is 601. The lowest BCUT2D eigenvalue weighted by molar-refractivity contribution is -0.124. The maximum absolute atomic E-state index is 12.4. The Morgan fingerprint density at radius 1 is 0.457 bits per heavy atom. The minimum absolute atomic E-state index is 0.141.